The lowest BCUT2D eigenvalue weighted by atomic mass is 10.1. The van der Waals surface area contributed by atoms with Crippen LogP contribution in [-0.4, -0.2) is 62.0 Å². The summed E-state index contributed by atoms with van der Waals surface area (Å²) in [6, 6.07) is 9.83. The van der Waals surface area contributed by atoms with Crippen LogP contribution < -0.4 is 24.3 Å². The first-order chi connectivity index (χ1) is 14.6. The zero-order valence-corrected chi connectivity index (χ0v) is 17.0. The highest BCUT2D eigenvalue weighted by Crippen LogP contribution is 2.36. The number of fused-ring (bicyclic) bond motifs is 2. The molecule has 0 atom stereocenters. The van der Waals surface area contributed by atoms with Gasteiger partial charge >= 0.3 is 0 Å². The lowest BCUT2D eigenvalue weighted by Gasteiger charge is -2.34. The van der Waals surface area contributed by atoms with E-state index in [0.29, 0.717) is 19.1 Å². The first-order valence-corrected chi connectivity index (χ1v) is 10.2. The van der Waals surface area contributed by atoms with Gasteiger partial charge in [0.05, 0.1) is 6.54 Å². The number of nitrogens with zero attached hydrogens (tertiary/aromatic N) is 2. The van der Waals surface area contributed by atoms with Crippen molar-refractivity contribution in [3.8, 4) is 23.0 Å². The third-order valence-electron chi connectivity index (χ3n) is 5.67. The summed E-state index contributed by atoms with van der Waals surface area (Å²) < 4.78 is 21.6. The van der Waals surface area contributed by atoms with Crippen molar-refractivity contribution in [2.45, 2.75) is 13.5 Å². The second-order valence-electron chi connectivity index (χ2n) is 7.81. The molecule has 8 nitrogen and oxygen atoms in total. The third kappa shape index (κ3) is 4.01. The normalized spacial score (nSPS) is 17.9. The van der Waals surface area contributed by atoms with Crippen LogP contribution >= 0.6 is 0 Å². The number of hydrogen-bond acceptors (Lipinski definition) is 7. The molecular formula is C22H25N3O5. The van der Waals surface area contributed by atoms with Gasteiger partial charge in [0.15, 0.2) is 23.0 Å². The minimum absolute atomic E-state index is 0.0128. The van der Waals surface area contributed by atoms with E-state index in [2.05, 4.69) is 27.2 Å². The van der Waals surface area contributed by atoms with Crippen LogP contribution in [0.5, 0.6) is 23.0 Å². The number of carbonyl (C=O) groups is 1. The molecule has 0 aliphatic carbocycles. The molecule has 0 radical (unpaired) electrons. The molecule has 3 heterocycles. The highest BCUT2D eigenvalue weighted by Gasteiger charge is 2.22. The number of benzene rings is 2. The average molecular weight is 411 g/mol. The summed E-state index contributed by atoms with van der Waals surface area (Å²) in [5.41, 5.74) is 2.94. The summed E-state index contributed by atoms with van der Waals surface area (Å²) in [5.74, 6) is 3.02. The predicted molar refractivity (Wildman–Crippen MR) is 110 cm³/mol. The first kappa shape index (κ1) is 19.0. The number of aryl methyl sites for hydroxylation is 1. The maximum absolute atomic E-state index is 12.5. The summed E-state index contributed by atoms with van der Waals surface area (Å²) >= 11 is 0. The van der Waals surface area contributed by atoms with E-state index in [4.69, 9.17) is 18.9 Å². The molecule has 0 aromatic heterocycles. The van der Waals surface area contributed by atoms with Crippen molar-refractivity contribution < 1.29 is 23.7 Å². The molecule has 5 rings (SSSR count). The number of carbonyl (C=O) groups excluding carboxylic acids is 1. The summed E-state index contributed by atoms with van der Waals surface area (Å²) in [7, 11) is 0. The van der Waals surface area contributed by atoms with Crippen molar-refractivity contribution in [1.29, 1.82) is 0 Å². The van der Waals surface area contributed by atoms with E-state index >= 15 is 0 Å². The van der Waals surface area contributed by atoms with Crippen molar-refractivity contribution in [2.75, 3.05) is 51.6 Å². The molecule has 3 aliphatic heterocycles. The summed E-state index contributed by atoms with van der Waals surface area (Å²) in [6.45, 7) is 7.28. The van der Waals surface area contributed by atoms with Gasteiger partial charge in [0.1, 0.15) is 0 Å². The Bertz CT molecular complexity index is 956. The molecule has 1 saturated heterocycles. The monoisotopic (exact) mass is 411 g/mol. The van der Waals surface area contributed by atoms with Crippen LogP contribution in [0.2, 0.25) is 0 Å². The maximum Gasteiger partial charge on any atom is 0.238 e. The number of piperazine rings is 1. The van der Waals surface area contributed by atoms with E-state index in [9.17, 15) is 4.79 Å². The van der Waals surface area contributed by atoms with Crippen molar-refractivity contribution in [2.24, 2.45) is 0 Å². The van der Waals surface area contributed by atoms with Gasteiger partial charge in [-0.1, -0.05) is 6.07 Å². The van der Waals surface area contributed by atoms with E-state index in [1.807, 2.05) is 25.1 Å². The molecular weight excluding hydrogens is 386 g/mol. The smallest absolute Gasteiger partial charge is 0.238 e. The molecule has 1 fully saturated rings. The fourth-order valence-corrected chi connectivity index (χ4v) is 3.97. The molecule has 0 spiro atoms. The molecule has 0 unspecified atom stereocenters. The molecule has 1 amide bonds. The lowest BCUT2D eigenvalue weighted by Crippen LogP contribution is -2.48. The second kappa shape index (κ2) is 8.04. The van der Waals surface area contributed by atoms with E-state index in [1.165, 1.54) is 5.56 Å². The Morgan fingerprint density at radius 1 is 0.867 bits per heavy atom. The quantitative estimate of drug-likeness (QED) is 0.809. The summed E-state index contributed by atoms with van der Waals surface area (Å²) in [4.78, 5) is 17.1. The Hall–Kier alpha value is -2.97. The Balaban J connectivity index is 1.11. The van der Waals surface area contributed by atoms with Gasteiger partial charge in [-0.05, 0) is 36.2 Å². The molecule has 2 aromatic rings. The van der Waals surface area contributed by atoms with Gasteiger partial charge < -0.3 is 24.3 Å². The first-order valence-electron chi connectivity index (χ1n) is 10.2. The Labute approximate surface area is 175 Å². The Morgan fingerprint density at radius 3 is 2.27 bits per heavy atom. The van der Waals surface area contributed by atoms with E-state index in [1.54, 1.807) is 0 Å². The van der Waals surface area contributed by atoms with Crippen LogP contribution in [0.3, 0.4) is 0 Å². The largest absolute Gasteiger partial charge is 0.454 e. The molecule has 158 valence electrons. The zero-order valence-electron chi connectivity index (χ0n) is 17.0. The highest BCUT2D eigenvalue weighted by atomic mass is 16.7. The maximum atomic E-state index is 12.5. The van der Waals surface area contributed by atoms with Crippen molar-refractivity contribution in [3.05, 3.63) is 41.5 Å². The summed E-state index contributed by atoms with van der Waals surface area (Å²) in [5, 5.41) is 3.01. The van der Waals surface area contributed by atoms with E-state index < -0.39 is 0 Å². The van der Waals surface area contributed by atoms with Crippen LogP contribution in [0.25, 0.3) is 0 Å². The standard InChI is InChI=1S/C22H25N3O5/c1-15-8-19-21(30-14-28-19)10-17(15)23-22(26)12-25-6-4-24(5-7-25)11-16-2-3-18-20(9-16)29-13-27-18/h2-3,8-10H,4-7,11-14H2,1H3,(H,23,26). The molecule has 3 aliphatic rings. The fraction of sp³-hybridized carbons (Fsp3) is 0.409. The van der Waals surface area contributed by atoms with Gasteiger partial charge in [-0.15, -0.1) is 0 Å². The molecule has 30 heavy (non-hydrogen) atoms. The van der Waals surface area contributed by atoms with Gasteiger partial charge in [0.25, 0.3) is 0 Å². The molecule has 2 aromatic carbocycles. The molecule has 8 heteroatoms. The number of amides is 1. The van der Waals surface area contributed by atoms with Crippen molar-refractivity contribution >= 4 is 11.6 Å². The van der Waals surface area contributed by atoms with Gasteiger partial charge in [-0.2, -0.15) is 0 Å². The lowest BCUT2D eigenvalue weighted by molar-refractivity contribution is -0.117. The predicted octanol–water partition coefficient (Wildman–Crippen LogP) is 2.21. The minimum Gasteiger partial charge on any atom is -0.454 e. The van der Waals surface area contributed by atoms with Crippen LogP contribution in [0, 0.1) is 6.92 Å². The second-order valence-corrected chi connectivity index (χ2v) is 7.81. The van der Waals surface area contributed by atoms with Crippen molar-refractivity contribution in [3.63, 3.8) is 0 Å². The van der Waals surface area contributed by atoms with Crippen molar-refractivity contribution in [1.82, 2.24) is 9.80 Å². The number of rotatable bonds is 5. The fourth-order valence-electron chi connectivity index (χ4n) is 3.97. The molecule has 0 bridgehead atoms. The number of hydrogen-bond donors (Lipinski definition) is 1. The minimum atomic E-state index is -0.0128. The van der Waals surface area contributed by atoms with Gasteiger partial charge in [-0.3, -0.25) is 14.6 Å². The van der Waals surface area contributed by atoms with E-state index in [0.717, 1.165) is 61.2 Å². The van der Waals surface area contributed by atoms with Gasteiger partial charge in [0, 0.05) is 44.5 Å². The number of ether oxygens (including phenoxy) is 4. The van der Waals surface area contributed by atoms with E-state index in [-0.39, 0.29) is 12.7 Å². The summed E-state index contributed by atoms with van der Waals surface area (Å²) in [6.07, 6.45) is 0. The average Bonchev–Trinajstić information content (AvgIpc) is 3.38. The Morgan fingerprint density at radius 2 is 1.50 bits per heavy atom. The highest BCUT2D eigenvalue weighted by molar-refractivity contribution is 5.93. The number of nitrogens with one attached hydrogen (secondary N) is 1. The van der Waals surface area contributed by atoms with Crippen LogP contribution in [-0.2, 0) is 11.3 Å². The van der Waals surface area contributed by atoms with Gasteiger partial charge in [0.2, 0.25) is 19.5 Å². The van der Waals surface area contributed by atoms with Gasteiger partial charge in [-0.25, -0.2) is 0 Å². The van der Waals surface area contributed by atoms with Crippen LogP contribution in [0.4, 0.5) is 5.69 Å². The van der Waals surface area contributed by atoms with Crippen LogP contribution in [0.15, 0.2) is 30.3 Å². The SMILES string of the molecule is Cc1cc2c(cc1NC(=O)CN1CCN(Cc3ccc4c(c3)OCO4)CC1)OCO2. The molecule has 0 saturated carbocycles. The van der Waals surface area contributed by atoms with Crippen LogP contribution in [0.1, 0.15) is 11.1 Å². The zero-order chi connectivity index (χ0) is 20.5. The molecule has 1 N–H and O–H groups in total. The third-order valence-corrected chi connectivity index (χ3v) is 5.67. The Kier molecular flexibility index (Phi) is 5.10. The number of anilines is 1. The topological polar surface area (TPSA) is 72.5 Å².